The molecular weight excluding hydrogens is 428 g/mol. The van der Waals surface area contributed by atoms with Crippen LogP contribution in [0.25, 0.3) is 10.9 Å². The van der Waals surface area contributed by atoms with Crippen LogP contribution >= 0.6 is 0 Å². The fourth-order valence-corrected chi connectivity index (χ4v) is 4.56. The third-order valence-electron chi connectivity index (χ3n) is 6.35. The van der Waals surface area contributed by atoms with Crippen LogP contribution in [0.2, 0.25) is 0 Å². The lowest BCUT2D eigenvalue weighted by Crippen LogP contribution is -2.48. The van der Waals surface area contributed by atoms with Gasteiger partial charge in [0.05, 0.1) is 5.69 Å². The number of carbonyl (C=O) groups is 1. The van der Waals surface area contributed by atoms with Gasteiger partial charge in [0.2, 0.25) is 0 Å². The Bertz CT molecular complexity index is 1230. The van der Waals surface area contributed by atoms with Crippen molar-refractivity contribution in [2.75, 3.05) is 26.2 Å². The van der Waals surface area contributed by atoms with Gasteiger partial charge in [-0.1, -0.05) is 36.4 Å². The number of carboxylic acid groups (broad SMARTS) is 1. The van der Waals surface area contributed by atoms with Crippen LogP contribution in [-0.4, -0.2) is 57.0 Å². The van der Waals surface area contributed by atoms with E-state index in [1.165, 1.54) is 0 Å². The van der Waals surface area contributed by atoms with Gasteiger partial charge in [-0.25, -0.2) is 0 Å². The molecule has 7 heteroatoms. The Hall–Kier alpha value is -3.68. The molecule has 0 saturated carbocycles. The first-order valence-electron chi connectivity index (χ1n) is 11.5. The number of benzene rings is 2. The van der Waals surface area contributed by atoms with E-state index in [9.17, 15) is 9.90 Å². The molecule has 2 N–H and O–H groups in total. The van der Waals surface area contributed by atoms with Crippen LogP contribution < -0.4 is 4.74 Å². The van der Waals surface area contributed by atoms with Gasteiger partial charge in [0, 0.05) is 61.6 Å². The number of hydrogen-bond donors (Lipinski definition) is 2. The monoisotopic (exact) mass is 456 g/mol. The lowest BCUT2D eigenvalue weighted by atomic mass is 10.0. The summed E-state index contributed by atoms with van der Waals surface area (Å²) in [5.41, 5.74) is 3.79. The van der Waals surface area contributed by atoms with E-state index in [2.05, 4.69) is 19.8 Å². The number of piperazine rings is 1. The van der Waals surface area contributed by atoms with Crippen LogP contribution in [0.3, 0.4) is 0 Å². The van der Waals surface area contributed by atoms with Crippen LogP contribution in [0.4, 0.5) is 0 Å². The molecule has 0 unspecified atom stereocenters. The number of aliphatic carboxylic acids is 1. The molecule has 1 aliphatic rings. The van der Waals surface area contributed by atoms with Crippen molar-refractivity contribution in [3.63, 3.8) is 0 Å². The Labute approximate surface area is 198 Å². The zero-order chi connectivity index (χ0) is 23.3. The van der Waals surface area contributed by atoms with Crippen LogP contribution in [0, 0.1) is 0 Å². The summed E-state index contributed by atoms with van der Waals surface area (Å²) >= 11 is 0. The summed E-state index contributed by atoms with van der Waals surface area (Å²) in [6.45, 7) is 4.21. The summed E-state index contributed by atoms with van der Waals surface area (Å²) in [4.78, 5) is 24.4. The fourth-order valence-electron chi connectivity index (χ4n) is 4.56. The van der Waals surface area contributed by atoms with E-state index in [0.717, 1.165) is 53.1 Å². The van der Waals surface area contributed by atoms with Crippen molar-refractivity contribution >= 4 is 16.9 Å². The summed E-state index contributed by atoms with van der Waals surface area (Å²) in [6, 6.07) is 21.0. The maximum absolute atomic E-state index is 12.4. The smallest absolute Gasteiger partial charge is 0.325 e. The molecule has 34 heavy (non-hydrogen) atoms. The molecule has 3 heterocycles. The molecule has 0 aliphatic carbocycles. The summed E-state index contributed by atoms with van der Waals surface area (Å²) in [5.74, 6) is -0.115. The fraction of sp³-hybridized carbons (Fsp3) is 0.259. The number of carboxylic acids is 1. The third-order valence-corrected chi connectivity index (χ3v) is 6.35. The van der Waals surface area contributed by atoms with E-state index in [4.69, 9.17) is 4.74 Å². The van der Waals surface area contributed by atoms with Crippen molar-refractivity contribution in [2.45, 2.75) is 19.2 Å². The Morgan fingerprint density at radius 3 is 2.56 bits per heavy atom. The number of fused-ring (bicyclic) bond motifs is 1. The number of hydrogen-bond acceptors (Lipinski definition) is 5. The number of nitrogens with one attached hydrogen (secondary N) is 1. The molecule has 4 aromatic rings. The van der Waals surface area contributed by atoms with Crippen molar-refractivity contribution in [1.82, 2.24) is 19.8 Å². The van der Waals surface area contributed by atoms with Gasteiger partial charge in [0.1, 0.15) is 18.4 Å². The summed E-state index contributed by atoms with van der Waals surface area (Å²) in [6.07, 6.45) is 3.63. The van der Waals surface area contributed by atoms with Crippen molar-refractivity contribution in [2.24, 2.45) is 0 Å². The van der Waals surface area contributed by atoms with Gasteiger partial charge < -0.3 is 14.8 Å². The molecule has 7 nitrogen and oxygen atoms in total. The van der Waals surface area contributed by atoms with Crippen LogP contribution in [0.5, 0.6) is 5.75 Å². The second-order valence-corrected chi connectivity index (χ2v) is 8.60. The normalized spacial score (nSPS) is 15.9. The SMILES string of the molecule is O=C(O)[C@H](c1c[nH]c2ccc(OCc3ccccc3)cc12)N1CCN(Cc2ccccn2)CC1. The van der Waals surface area contributed by atoms with E-state index in [1.807, 2.05) is 72.9 Å². The van der Waals surface area contributed by atoms with Gasteiger partial charge in [-0.05, 0) is 35.9 Å². The number of aromatic nitrogens is 2. The van der Waals surface area contributed by atoms with Gasteiger partial charge >= 0.3 is 5.97 Å². The summed E-state index contributed by atoms with van der Waals surface area (Å²) in [5, 5.41) is 11.1. The number of aromatic amines is 1. The molecule has 0 spiro atoms. The van der Waals surface area contributed by atoms with Crippen LogP contribution in [0.1, 0.15) is 22.9 Å². The minimum Gasteiger partial charge on any atom is -0.489 e. The Morgan fingerprint density at radius 1 is 1.03 bits per heavy atom. The third kappa shape index (κ3) is 4.95. The van der Waals surface area contributed by atoms with Gasteiger partial charge in [-0.3, -0.25) is 19.6 Å². The Morgan fingerprint density at radius 2 is 1.82 bits per heavy atom. The highest BCUT2D eigenvalue weighted by Gasteiger charge is 2.32. The van der Waals surface area contributed by atoms with Crippen molar-refractivity contribution < 1.29 is 14.6 Å². The molecule has 2 aromatic heterocycles. The zero-order valence-electron chi connectivity index (χ0n) is 18.9. The highest BCUT2D eigenvalue weighted by molar-refractivity contribution is 5.90. The van der Waals surface area contributed by atoms with Gasteiger partial charge in [-0.15, -0.1) is 0 Å². The maximum atomic E-state index is 12.4. The number of ether oxygens (including phenoxy) is 1. The number of rotatable bonds is 8. The largest absolute Gasteiger partial charge is 0.489 e. The second-order valence-electron chi connectivity index (χ2n) is 8.60. The van der Waals surface area contributed by atoms with Gasteiger partial charge in [0.25, 0.3) is 0 Å². The second kappa shape index (κ2) is 10.1. The summed E-state index contributed by atoms with van der Waals surface area (Å²) in [7, 11) is 0. The average Bonchev–Trinajstić information content (AvgIpc) is 3.28. The van der Waals surface area contributed by atoms with Crippen molar-refractivity contribution in [1.29, 1.82) is 0 Å². The van der Waals surface area contributed by atoms with E-state index < -0.39 is 12.0 Å². The van der Waals surface area contributed by atoms with Gasteiger partial charge in [-0.2, -0.15) is 0 Å². The molecule has 0 bridgehead atoms. The highest BCUT2D eigenvalue weighted by atomic mass is 16.5. The molecule has 1 saturated heterocycles. The topological polar surface area (TPSA) is 81.7 Å². The summed E-state index contributed by atoms with van der Waals surface area (Å²) < 4.78 is 5.99. The van der Waals surface area contributed by atoms with Crippen molar-refractivity contribution in [3.8, 4) is 5.75 Å². The van der Waals surface area contributed by atoms with Crippen LogP contribution in [-0.2, 0) is 17.9 Å². The van der Waals surface area contributed by atoms with E-state index in [0.29, 0.717) is 19.7 Å². The standard InChI is InChI=1S/C27H28N4O3/c32-27(33)26(31-14-12-30(13-15-31)18-21-8-4-5-11-28-21)24-17-29-25-10-9-22(16-23(24)25)34-19-20-6-2-1-3-7-20/h1-11,16-17,26,29H,12-15,18-19H2,(H,32,33)/t26-/m0/s1. The first kappa shape index (κ1) is 22.1. The first-order chi connectivity index (χ1) is 16.7. The maximum Gasteiger partial charge on any atom is 0.325 e. The molecular formula is C27H28N4O3. The molecule has 2 aromatic carbocycles. The minimum atomic E-state index is -0.838. The first-order valence-corrected chi connectivity index (χ1v) is 11.5. The number of nitrogens with zero attached hydrogens (tertiary/aromatic N) is 3. The molecule has 1 atom stereocenters. The molecule has 174 valence electrons. The molecule has 0 amide bonds. The quantitative estimate of drug-likeness (QED) is 0.416. The minimum absolute atomic E-state index is 0.465. The van der Waals surface area contributed by atoms with E-state index in [-0.39, 0.29) is 0 Å². The van der Waals surface area contributed by atoms with Crippen molar-refractivity contribution in [3.05, 3.63) is 95.9 Å². The lowest BCUT2D eigenvalue weighted by Gasteiger charge is -2.37. The van der Waals surface area contributed by atoms with E-state index >= 15 is 0 Å². The Balaban J connectivity index is 1.31. The molecule has 5 rings (SSSR count). The number of pyridine rings is 1. The van der Waals surface area contributed by atoms with E-state index in [1.54, 1.807) is 6.20 Å². The molecule has 1 aliphatic heterocycles. The lowest BCUT2D eigenvalue weighted by molar-refractivity contribution is -0.144. The predicted molar refractivity (Wildman–Crippen MR) is 131 cm³/mol. The highest BCUT2D eigenvalue weighted by Crippen LogP contribution is 2.32. The van der Waals surface area contributed by atoms with Gasteiger partial charge in [0.15, 0.2) is 0 Å². The zero-order valence-corrected chi connectivity index (χ0v) is 18.9. The Kier molecular flexibility index (Phi) is 6.56. The molecule has 1 fully saturated rings. The predicted octanol–water partition coefficient (Wildman–Crippen LogP) is 4.09. The average molecular weight is 457 g/mol. The van der Waals surface area contributed by atoms with Crippen LogP contribution in [0.15, 0.2) is 79.1 Å². The number of H-pyrrole nitrogens is 1. The molecule has 0 radical (unpaired) electrons.